The molecular weight excluding hydrogens is 310 g/mol. The highest BCUT2D eigenvalue weighted by atomic mass is 16.4. The highest BCUT2D eigenvalue weighted by Gasteiger charge is 2.10. The number of carboxylic acids is 1. The topological polar surface area (TPSA) is 150 Å². The normalized spacial score (nSPS) is 10.9. The van der Waals surface area contributed by atoms with Crippen LogP contribution >= 0.6 is 0 Å². The van der Waals surface area contributed by atoms with Gasteiger partial charge in [-0.15, -0.1) is 0 Å². The summed E-state index contributed by atoms with van der Waals surface area (Å²) < 4.78 is 0. The van der Waals surface area contributed by atoms with Gasteiger partial charge in [0.25, 0.3) is 0 Å². The second-order valence-corrected chi connectivity index (χ2v) is 4.94. The van der Waals surface area contributed by atoms with Crippen molar-refractivity contribution in [3.63, 3.8) is 0 Å². The average molecular weight is 329 g/mol. The Labute approximate surface area is 139 Å². The number of aliphatic carboxylic acids is 1. The van der Waals surface area contributed by atoms with Gasteiger partial charge in [-0.2, -0.15) is 0 Å². The number of amides is 2. The van der Waals surface area contributed by atoms with E-state index in [1.165, 1.54) is 24.3 Å². The molecule has 0 saturated carbocycles. The summed E-state index contributed by atoms with van der Waals surface area (Å²) in [6.45, 7) is 0. The van der Waals surface area contributed by atoms with Crippen molar-refractivity contribution in [1.82, 2.24) is 0 Å². The molecule has 2 aromatic rings. The molecule has 0 saturated heterocycles. The molecule has 7 heteroatoms. The SMILES string of the molecule is NC(=O)c1ccc(C(N)=O)cc1.N[C@@H](Cc1ccccc1)C(=O)O. The van der Waals surface area contributed by atoms with Crippen molar-refractivity contribution in [1.29, 1.82) is 0 Å². The van der Waals surface area contributed by atoms with Crippen molar-refractivity contribution in [2.45, 2.75) is 12.5 Å². The summed E-state index contributed by atoms with van der Waals surface area (Å²) in [6, 6.07) is 14.4. The van der Waals surface area contributed by atoms with E-state index >= 15 is 0 Å². The molecule has 0 aliphatic rings. The van der Waals surface area contributed by atoms with Crippen molar-refractivity contribution in [2.24, 2.45) is 17.2 Å². The van der Waals surface area contributed by atoms with E-state index in [-0.39, 0.29) is 0 Å². The van der Waals surface area contributed by atoms with Crippen LogP contribution in [-0.2, 0) is 11.2 Å². The lowest BCUT2D eigenvalue weighted by Crippen LogP contribution is -2.32. The van der Waals surface area contributed by atoms with Gasteiger partial charge in [-0.1, -0.05) is 30.3 Å². The molecule has 0 fully saturated rings. The summed E-state index contributed by atoms with van der Waals surface area (Å²) in [5, 5.41) is 8.52. The fourth-order valence-electron chi connectivity index (χ4n) is 1.75. The number of hydrogen-bond donors (Lipinski definition) is 4. The van der Waals surface area contributed by atoms with Crippen LogP contribution in [0.25, 0.3) is 0 Å². The minimum absolute atomic E-state index is 0.361. The minimum atomic E-state index is -0.959. The van der Waals surface area contributed by atoms with Crippen LogP contribution in [0, 0.1) is 0 Å². The van der Waals surface area contributed by atoms with Crippen molar-refractivity contribution < 1.29 is 19.5 Å². The minimum Gasteiger partial charge on any atom is -0.480 e. The van der Waals surface area contributed by atoms with Crippen LogP contribution in [0.2, 0.25) is 0 Å². The van der Waals surface area contributed by atoms with Crippen molar-refractivity contribution in [2.75, 3.05) is 0 Å². The summed E-state index contributed by atoms with van der Waals surface area (Å²) in [5.74, 6) is -2.00. The first-order valence-corrected chi connectivity index (χ1v) is 7.03. The van der Waals surface area contributed by atoms with Crippen molar-refractivity contribution in [3.8, 4) is 0 Å². The Morgan fingerprint density at radius 2 is 1.25 bits per heavy atom. The van der Waals surface area contributed by atoms with Gasteiger partial charge in [0, 0.05) is 11.1 Å². The summed E-state index contributed by atoms with van der Waals surface area (Å²) in [6.07, 6.45) is 0.385. The Hall–Kier alpha value is -3.19. The van der Waals surface area contributed by atoms with Crippen molar-refractivity contribution in [3.05, 3.63) is 71.3 Å². The molecule has 0 radical (unpaired) electrons. The van der Waals surface area contributed by atoms with Gasteiger partial charge in [-0.05, 0) is 36.2 Å². The highest BCUT2D eigenvalue weighted by Crippen LogP contribution is 2.02. The highest BCUT2D eigenvalue weighted by molar-refractivity contribution is 5.96. The van der Waals surface area contributed by atoms with Crippen LogP contribution in [0.3, 0.4) is 0 Å². The number of nitrogens with two attached hydrogens (primary N) is 3. The molecule has 0 spiro atoms. The van der Waals surface area contributed by atoms with Gasteiger partial charge in [0.2, 0.25) is 11.8 Å². The van der Waals surface area contributed by atoms with Gasteiger partial charge in [0.05, 0.1) is 0 Å². The lowest BCUT2D eigenvalue weighted by molar-refractivity contribution is -0.138. The van der Waals surface area contributed by atoms with E-state index in [4.69, 9.17) is 22.3 Å². The Morgan fingerprint density at radius 3 is 1.58 bits per heavy atom. The summed E-state index contributed by atoms with van der Waals surface area (Å²) >= 11 is 0. The number of carbonyl (C=O) groups excluding carboxylic acids is 2. The molecule has 1 atom stereocenters. The molecule has 126 valence electrons. The standard InChI is InChI=1S/C9H11NO2.C8H8N2O2/c10-8(9(11)12)6-7-4-2-1-3-5-7;9-7(11)5-1-2-6(4-3-5)8(10)12/h1-5,8H,6,10H2,(H,11,12);1-4H,(H2,9,11)(H2,10,12)/t8-;/m0./s1. The number of carboxylic acid groups (broad SMARTS) is 1. The third kappa shape index (κ3) is 6.29. The van der Waals surface area contributed by atoms with E-state index in [2.05, 4.69) is 0 Å². The third-order valence-corrected chi connectivity index (χ3v) is 3.07. The number of hydrogen-bond acceptors (Lipinski definition) is 4. The quantitative estimate of drug-likeness (QED) is 0.631. The Balaban J connectivity index is 0.000000240. The first kappa shape index (κ1) is 18.9. The van der Waals surface area contributed by atoms with E-state index < -0.39 is 23.8 Å². The second kappa shape index (κ2) is 9.06. The maximum Gasteiger partial charge on any atom is 0.320 e. The Morgan fingerprint density at radius 1 is 0.833 bits per heavy atom. The first-order chi connectivity index (χ1) is 11.3. The van der Waals surface area contributed by atoms with Gasteiger partial charge in [-0.25, -0.2) is 0 Å². The van der Waals surface area contributed by atoms with Gasteiger partial charge in [-0.3, -0.25) is 14.4 Å². The zero-order chi connectivity index (χ0) is 18.1. The van der Waals surface area contributed by atoms with Crippen LogP contribution in [0.4, 0.5) is 0 Å². The van der Waals surface area contributed by atoms with E-state index in [9.17, 15) is 14.4 Å². The van der Waals surface area contributed by atoms with Gasteiger partial charge >= 0.3 is 5.97 Å². The molecular formula is C17H19N3O4. The van der Waals surface area contributed by atoms with Gasteiger partial charge < -0.3 is 22.3 Å². The van der Waals surface area contributed by atoms with Crippen LogP contribution in [0.15, 0.2) is 54.6 Å². The third-order valence-electron chi connectivity index (χ3n) is 3.07. The van der Waals surface area contributed by atoms with Crippen LogP contribution in [-0.4, -0.2) is 28.9 Å². The molecule has 2 aromatic carbocycles. The predicted molar refractivity (Wildman–Crippen MR) is 89.2 cm³/mol. The molecule has 0 aliphatic heterocycles. The van der Waals surface area contributed by atoms with E-state index in [0.717, 1.165) is 5.56 Å². The predicted octanol–water partition coefficient (Wildman–Crippen LogP) is 0.525. The van der Waals surface area contributed by atoms with Crippen LogP contribution in [0.5, 0.6) is 0 Å². The van der Waals surface area contributed by atoms with E-state index in [1.54, 1.807) is 0 Å². The molecule has 2 rings (SSSR count). The number of carbonyl (C=O) groups is 3. The Bertz CT molecular complexity index is 667. The monoisotopic (exact) mass is 329 g/mol. The molecule has 24 heavy (non-hydrogen) atoms. The number of primary amides is 2. The molecule has 7 nitrogen and oxygen atoms in total. The van der Waals surface area contributed by atoms with Gasteiger partial charge in [0.1, 0.15) is 6.04 Å². The Kier molecular flexibility index (Phi) is 7.12. The lowest BCUT2D eigenvalue weighted by Gasteiger charge is -2.04. The average Bonchev–Trinajstić information content (AvgIpc) is 2.56. The smallest absolute Gasteiger partial charge is 0.320 e. The zero-order valence-corrected chi connectivity index (χ0v) is 12.9. The summed E-state index contributed by atoms with van der Waals surface area (Å²) in [7, 11) is 0. The second-order valence-electron chi connectivity index (χ2n) is 4.94. The van der Waals surface area contributed by atoms with Crippen molar-refractivity contribution >= 4 is 17.8 Å². The lowest BCUT2D eigenvalue weighted by atomic mass is 10.1. The molecule has 0 unspecified atom stereocenters. The van der Waals surface area contributed by atoms with Crippen LogP contribution in [0.1, 0.15) is 26.3 Å². The van der Waals surface area contributed by atoms with E-state index in [0.29, 0.717) is 17.5 Å². The maximum atomic E-state index is 10.6. The number of rotatable bonds is 5. The summed E-state index contributed by atoms with van der Waals surface area (Å²) in [5.41, 5.74) is 17.0. The van der Waals surface area contributed by atoms with E-state index in [1.807, 2.05) is 30.3 Å². The molecule has 0 aromatic heterocycles. The molecule has 0 heterocycles. The largest absolute Gasteiger partial charge is 0.480 e. The van der Waals surface area contributed by atoms with Gasteiger partial charge in [0.15, 0.2) is 0 Å². The first-order valence-electron chi connectivity index (χ1n) is 7.03. The fourth-order valence-corrected chi connectivity index (χ4v) is 1.75. The molecule has 2 amide bonds. The zero-order valence-electron chi connectivity index (χ0n) is 12.9. The molecule has 0 aliphatic carbocycles. The maximum absolute atomic E-state index is 10.6. The fraction of sp³-hybridized carbons (Fsp3) is 0.118. The molecule has 0 bridgehead atoms. The number of benzene rings is 2. The molecule has 7 N–H and O–H groups in total. The van der Waals surface area contributed by atoms with Crippen LogP contribution < -0.4 is 17.2 Å². The summed E-state index contributed by atoms with van der Waals surface area (Å²) in [4.78, 5) is 31.6.